The summed E-state index contributed by atoms with van der Waals surface area (Å²) in [6, 6.07) is 0. The Morgan fingerprint density at radius 2 is 1.67 bits per heavy atom. The third-order valence-electron chi connectivity index (χ3n) is 1.76. The van der Waals surface area contributed by atoms with Crippen LogP contribution >= 0.6 is 0 Å². The summed E-state index contributed by atoms with van der Waals surface area (Å²) in [5.74, 6) is -1.94. The van der Waals surface area contributed by atoms with Gasteiger partial charge in [0.05, 0.1) is 12.2 Å². The normalized spacial score (nSPS) is 29.0. The predicted octanol–water partition coefficient (Wildman–Crippen LogP) is -2.96. The first-order valence-corrected chi connectivity index (χ1v) is 3.47. The van der Waals surface area contributed by atoms with E-state index in [-0.39, 0.29) is 13.1 Å². The molecule has 0 spiro atoms. The molecule has 0 radical (unpaired) electrons. The summed E-state index contributed by atoms with van der Waals surface area (Å²) in [6.07, 6.45) is -1.96. The highest BCUT2D eigenvalue weighted by atomic mass is 16.3. The SMILES string of the molecule is NC(=O)C(=O)N1CC(O)C(O)C1. The summed E-state index contributed by atoms with van der Waals surface area (Å²) in [4.78, 5) is 22.3. The van der Waals surface area contributed by atoms with Crippen molar-refractivity contribution in [2.24, 2.45) is 5.73 Å². The summed E-state index contributed by atoms with van der Waals surface area (Å²) in [6.45, 7) is -0.0775. The van der Waals surface area contributed by atoms with E-state index < -0.39 is 24.0 Å². The third-order valence-corrected chi connectivity index (χ3v) is 1.76. The molecule has 1 saturated heterocycles. The molecule has 4 N–H and O–H groups in total. The molecule has 0 aromatic carbocycles. The van der Waals surface area contributed by atoms with Gasteiger partial charge in [-0.05, 0) is 0 Å². The van der Waals surface area contributed by atoms with Crippen LogP contribution in [0.2, 0.25) is 0 Å². The fourth-order valence-electron chi connectivity index (χ4n) is 1.09. The standard InChI is InChI=1S/C6H10N2O4/c7-5(11)6(12)8-1-3(9)4(10)2-8/h3-4,9-10H,1-2H2,(H2,7,11). The van der Waals surface area contributed by atoms with Crippen LogP contribution in [0.5, 0.6) is 0 Å². The number of carbonyl (C=O) groups is 2. The number of hydrogen-bond donors (Lipinski definition) is 3. The maximum atomic E-state index is 10.9. The summed E-state index contributed by atoms with van der Waals surface area (Å²) in [7, 11) is 0. The Morgan fingerprint density at radius 1 is 1.25 bits per heavy atom. The molecule has 1 aliphatic rings. The lowest BCUT2D eigenvalue weighted by Crippen LogP contribution is -2.39. The molecule has 2 unspecified atom stereocenters. The van der Waals surface area contributed by atoms with E-state index in [4.69, 9.17) is 15.9 Å². The van der Waals surface area contributed by atoms with Crippen molar-refractivity contribution in [3.05, 3.63) is 0 Å². The van der Waals surface area contributed by atoms with Crippen LogP contribution in [0.3, 0.4) is 0 Å². The fourth-order valence-corrected chi connectivity index (χ4v) is 1.09. The zero-order valence-corrected chi connectivity index (χ0v) is 6.30. The van der Waals surface area contributed by atoms with Crippen LogP contribution in [0.25, 0.3) is 0 Å². The first-order valence-electron chi connectivity index (χ1n) is 3.47. The quantitative estimate of drug-likeness (QED) is 0.341. The van der Waals surface area contributed by atoms with Crippen LogP contribution in [0, 0.1) is 0 Å². The number of β-amino-alcohol motifs (C(OH)–C–C–N with tert-alkyl or cyclic N) is 2. The van der Waals surface area contributed by atoms with Crippen molar-refractivity contribution in [3.63, 3.8) is 0 Å². The first kappa shape index (κ1) is 8.95. The molecule has 1 aliphatic heterocycles. The van der Waals surface area contributed by atoms with E-state index in [1.807, 2.05) is 0 Å². The Labute approximate surface area is 68.6 Å². The molecule has 0 aromatic rings. The van der Waals surface area contributed by atoms with E-state index >= 15 is 0 Å². The molecular weight excluding hydrogens is 164 g/mol. The van der Waals surface area contributed by atoms with Crippen molar-refractivity contribution in [1.29, 1.82) is 0 Å². The van der Waals surface area contributed by atoms with Crippen LogP contribution in [0.4, 0.5) is 0 Å². The molecule has 2 atom stereocenters. The summed E-state index contributed by atoms with van der Waals surface area (Å²) >= 11 is 0. The Hall–Kier alpha value is -1.14. The second-order valence-electron chi connectivity index (χ2n) is 2.71. The number of nitrogens with two attached hydrogens (primary N) is 1. The highest BCUT2D eigenvalue weighted by Crippen LogP contribution is 2.09. The summed E-state index contributed by atoms with van der Waals surface area (Å²) < 4.78 is 0. The van der Waals surface area contributed by atoms with Crippen molar-refractivity contribution in [3.8, 4) is 0 Å². The van der Waals surface area contributed by atoms with E-state index in [2.05, 4.69) is 0 Å². The summed E-state index contributed by atoms with van der Waals surface area (Å²) in [5, 5.41) is 18.0. The molecule has 0 saturated carbocycles. The molecule has 0 aliphatic carbocycles. The van der Waals surface area contributed by atoms with Gasteiger partial charge in [0.1, 0.15) is 0 Å². The molecular formula is C6H10N2O4. The van der Waals surface area contributed by atoms with E-state index in [1.165, 1.54) is 0 Å². The molecule has 0 aromatic heterocycles. The number of rotatable bonds is 0. The highest BCUT2D eigenvalue weighted by molar-refractivity contribution is 6.34. The molecule has 1 rings (SSSR count). The fraction of sp³-hybridized carbons (Fsp3) is 0.667. The second-order valence-corrected chi connectivity index (χ2v) is 2.71. The molecule has 0 bridgehead atoms. The Balaban J connectivity index is 2.57. The van der Waals surface area contributed by atoms with Crippen molar-refractivity contribution in [1.82, 2.24) is 4.90 Å². The Kier molecular flexibility index (Phi) is 2.30. The van der Waals surface area contributed by atoms with Crippen LogP contribution in [0.1, 0.15) is 0 Å². The maximum absolute atomic E-state index is 10.9. The molecule has 6 nitrogen and oxygen atoms in total. The van der Waals surface area contributed by atoms with Crippen molar-refractivity contribution >= 4 is 11.8 Å². The van der Waals surface area contributed by atoms with Gasteiger partial charge < -0.3 is 20.8 Å². The van der Waals surface area contributed by atoms with E-state index in [1.54, 1.807) is 0 Å². The first-order chi connectivity index (χ1) is 5.52. The van der Waals surface area contributed by atoms with Gasteiger partial charge in [0.2, 0.25) is 0 Å². The van der Waals surface area contributed by atoms with Gasteiger partial charge in [0.15, 0.2) is 0 Å². The zero-order chi connectivity index (χ0) is 9.30. The maximum Gasteiger partial charge on any atom is 0.311 e. The van der Waals surface area contributed by atoms with Gasteiger partial charge in [-0.2, -0.15) is 0 Å². The minimum Gasteiger partial charge on any atom is -0.388 e. The zero-order valence-electron chi connectivity index (χ0n) is 6.30. The monoisotopic (exact) mass is 174 g/mol. The minimum atomic E-state index is -1.07. The van der Waals surface area contributed by atoms with Gasteiger partial charge in [0.25, 0.3) is 0 Å². The average Bonchev–Trinajstić information content (AvgIpc) is 2.30. The Morgan fingerprint density at radius 3 is 2.00 bits per heavy atom. The van der Waals surface area contributed by atoms with Crippen LogP contribution < -0.4 is 5.73 Å². The number of likely N-dealkylation sites (tertiary alicyclic amines) is 1. The van der Waals surface area contributed by atoms with Gasteiger partial charge in [-0.25, -0.2) is 0 Å². The van der Waals surface area contributed by atoms with Crippen molar-refractivity contribution in [2.75, 3.05) is 13.1 Å². The topological polar surface area (TPSA) is 104 Å². The number of hydrogen-bond acceptors (Lipinski definition) is 4. The molecule has 1 heterocycles. The van der Waals surface area contributed by atoms with Gasteiger partial charge in [-0.15, -0.1) is 0 Å². The molecule has 1 fully saturated rings. The lowest BCUT2D eigenvalue weighted by atomic mass is 10.3. The van der Waals surface area contributed by atoms with E-state index in [9.17, 15) is 9.59 Å². The van der Waals surface area contributed by atoms with Crippen LogP contribution in [0.15, 0.2) is 0 Å². The van der Waals surface area contributed by atoms with E-state index in [0.717, 1.165) is 4.90 Å². The molecule has 2 amide bonds. The minimum absolute atomic E-state index is 0.0387. The number of aliphatic hydroxyl groups excluding tert-OH is 2. The number of carbonyl (C=O) groups excluding carboxylic acids is 2. The van der Waals surface area contributed by atoms with Gasteiger partial charge >= 0.3 is 11.8 Å². The summed E-state index contributed by atoms with van der Waals surface area (Å²) in [5.41, 5.74) is 4.71. The number of aliphatic hydroxyl groups is 2. The molecule has 6 heteroatoms. The van der Waals surface area contributed by atoms with Gasteiger partial charge in [-0.1, -0.05) is 0 Å². The van der Waals surface area contributed by atoms with Crippen molar-refractivity contribution < 1.29 is 19.8 Å². The largest absolute Gasteiger partial charge is 0.388 e. The number of nitrogens with zero attached hydrogens (tertiary/aromatic N) is 1. The predicted molar refractivity (Wildman–Crippen MR) is 37.8 cm³/mol. The lowest BCUT2D eigenvalue weighted by molar-refractivity contribution is -0.143. The second kappa shape index (κ2) is 3.08. The average molecular weight is 174 g/mol. The van der Waals surface area contributed by atoms with Crippen LogP contribution in [-0.2, 0) is 9.59 Å². The molecule has 68 valence electrons. The Bertz CT molecular complexity index is 208. The van der Waals surface area contributed by atoms with Gasteiger partial charge in [0, 0.05) is 13.1 Å². The molecule has 12 heavy (non-hydrogen) atoms. The lowest BCUT2D eigenvalue weighted by Gasteiger charge is -2.11. The van der Waals surface area contributed by atoms with Gasteiger partial charge in [-0.3, -0.25) is 9.59 Å². The third kappa shape index (κ3) is 1.54. The number of primary amides is 1. The smallest absolute Gasteiger partial charge is 0.311 e. The highest BCUT2D eigenvalue weighted by Gasteiger charge is 2.34. The van der Waals surface area contributed by atoms with Crippen LogP contribution in [-0.4, -0.2) is 52.2 Å². The number of amides is 2. The van der Waals surface area contributed by atoms with E-state index in [0.29, 0.717) is 0 Å². The van der Waals surface area contributed by atoms with Crippen molar-refractivity contribution in [2.45, 2.75) is 12.2 Å².